The van der Waals surface area contributed by atoms with Crippen LogP contribution in [0.5, 0.6) is 0 Å². The fourth-order valence-corrected chi connectivity index (χ4v) is 0.834. The molecular formula is C7H9NO. The number of allylic oxidation sites excluding steroid dienone is 1. The van der Waals surface area contributed by atoms with Crippen LogP contribution < -0.4 is 0 Å². The first-order valence-corrected chi connectivity index (χ1v) is 2.99. The van der Waals surface area contributed by atoms with Gasteiger partial charge in [0.2, 0.25) is 0 Å². The third-order valence-corrected chi connectivity index (χ3v) is 1.24. The number of hydrogen-bond donors (Lipinski definition) is 0. The van der Waals surface area contributed by atoms with E-state index in [1.165, 1.54) is 0 Å². The first-order valence-electron chi connectivity index (χ1n) is 2.99. The standard InChI is InChI=1S/C7H9NO/c1-6-2-7(5-9)4-8-3-6/h2-3,5-6H,4H2,1H3. The van der Waals surface area contributed by atoms with Crippen LogP contribution in [0.1, 0.15) is 6.92 Å². The van der Waals surface area contributed by atoms with Crippen molar-refractivity contribution < 1.29 is 4.79 Å². The minimum absolute atomic E-state index is 0.332. The molecule has 0 aromatic carbocycles. The van der Waals surface area contributed by atoms with Crippen molar-refractivity contribution in [2.24, 2.45) is 10.9 Å². The summed E-state index contributed by atoms with van der Waals surface area (Å²) in [5, 5.41) is 0. The van der Waals surface area contributed by atoms with Crippen LogP contribution in [0.25, 0.3) is 0 Å². The topological polar surface area (TPSA) is 29.4 Å². The molecule has 0 aromatic heterocycles. The van der Waals surface area contributed by atoms with Gasteiger partial charge in [-0.3, -0.25) is 9.79 Å². The molecule has 2 nitrogen and oxygen atoms in total. The Morgan fingerprint density at radius 3 is 3.11 bits per heavy atom. The van der Waals surface area contributed by atoms with Gasteiger partial charge in [-0.25, -0.2) is 0 Å². The minimum Gasteiger partial charge on any atom is -0.298 e. The molecule has 1 heterocycles. The van der Waals surface area contributed by atoms with Crippen molar-refractivity contribution in [1.29, 1.82) is 0 Å². The van der Waals surface area contributed by atoms with Crippen LogP contribution in [0.4, 0.5) is 0 Å². The van der Waals surface area contributed by atoms with E-state index in [9.17, 15) is 4.79 Å². The molecule has 2 heteroatoms. The van der Waals surface area contributed by atoms with E-state index in [0.29, 0.717) is 12.5 Å². The monoisotopic (exact) mass is 123 g/mol. The van der Waals surface area contributed by atoms with Gasteiger partial charge >= 0.3 is 0 Å². The van der Waals surface area contributed by atoms with Crippen LogP contribution in [-0.4, -0.2) is 19.0 Å². The van der Waals surface area contributed by atoms with Crippen LogP contribution in [0.2, 0.25) is 0 Å². The maximum absolute atomic E-state index is 10.2. The highest BCUT2D eigenvalue weighted by Gasteiger charge is 2.01. The molecule has 0 spiro atoms. The third kappa shape index (κ3) is 1.49. The van der Waals surface area contributed by atoms with Gasteiger partial charge in [0.15, 0.2) is 0 Å². The second-order valence-corrected chi connectivity index (χ2v) is 2.21. The maximum Gasteiger partial charge on any atom is 0.147 e. The summed E-state index contributed by atoms with van der Waals surface area (Å²) in [5.74, 6) is 0.332. The zero-order valence-electron chi connectivity index (χ0n) is 5.37. The number of aldehydes is 1. The summed E-state index contributed by atoms with van der Waals surface area (Å²) in [6.07, 6.45) is 4.65. The fourth-order valence-electron chi connectivity index (χ4n) is 0.834. The van der Waals surface area contributed by atoms with Gasteiger partial charge in [-0.15, -0.1) is 0 Å². The number of rotatable bonds is 1. The predicted molar refractivity (Wildman–Crippen MR) is 36.7 cm³/mol. The summed E-state index contributed by atoms with van der Waals surface area (Å²) >= 11 is 0. The van der Waals surface area contributed by atoms with Crippen molar-refractivity contribution in [3.05, 3.63) is 11.6 Å². The Labute approximate surface area is 54.3 Å². The van der Waals surface area contributed by atoms with Crippen molar-refractivity contribution in [2.45, 2.75) is 6.92 Å². The maximum atomic E-state index is 10.2. The Morgan fingerprint density at radius 2 is 2.67 bits per heavy atom. The Hall–Kier alpha value is -0.920. The van der Waals surface area contributed by atoms with Gasteiger partial charge in [0.1, 0.15) is 6.29 Å². The second kappa shape index (κ2) is 2.58. The highest BCUT2D eigenvalue weighted by molar-refractivity contribution is 5.78. The number of aliphatic imine (C=N–C) groups is 1. The molecule has 0 bridgehead atoms. The second-order valence-electron chi connectivity index (χ2n) is 2.21. The summed E-state index contributed by atoms with van der Waals surface area (Å²) in [5.41, 5.74) is 0.796. The summed E-state index contributed by atoms with van der Waals surface area (Å²) in [6, 6.07) is 0. The molecule has 1 aliphatic rings. The van der Waals surface area contributed by atoms with Crippen molar-refractivity contribution in [3.63, 3.8) is 0 Å². The van der Waals surface area contributed by atoms with Crippen LogP contribution in [0.15, 0.2) is 16.6 Å². The lowest BCUT2D eigenvalue weighted by molar-refractivity contribution is -0.104. The Balaban J connectivity index is 2.65. The van der Waals surface area contributed by atoms with Crippen LogP contribution in [0.3, 0.4) is 0 Å². The van der Waals surface area contributed by atoms with Crippen LogP contribution in [0, 0.1) is 5.92 Å². The molecule has 1 atom stereocenters. The predicted octanol–water partition coefficient (Wildman–Crippen LogP) is 0.832. The number of nitrogens with zero attached hydrogens (tertiary/aromatic N) is 1. The van der Waals surface area contributed by atoms with E-state index in [1.54, 1.807) is 0 Å². The van der Waals surface area contributed by atoms with E-state index in [1.807, 2.05) is 19.2 Å². The van der Waals surface area contributed by atoms with Crippen molar-refractivity contribution >= 4 is 12.5 Å². The lowest BCUT2D eigenvalue weighted by Crippen LogP contribution is -2.03. The third-order valence-electron chi connectivity index (χ3n) is 1.24. The van der Waals surface area contributed by atoms with Gasteiger partial charge in [0, 0.05) is 17.7 Å². The SMILES string of the molecule is CC1C=NCC(C=O)=C1. The van der Waals surface area contributed by atoms with Crippen molar-refractivity contribution in [3.8, 4) is 0 Å². The fraction of sp³-hybridized carbons (Fsp3) is 0.429. The van der Waals surface area contributed by atoms with Crippen LogP contribution >= 0.6 is 0 Å². The van der Waals surface area contributed by atoms with Gasteiger partial charge < -0.3 is 0 Å². The molecule has 0 aromatic rings. The Morgan fingerprint density at radius 1 is 1.89 bits per heavy atom. The summed E-state index contributed by atoms with van der Waals surface area (Å²) in [7, 11) is 0. The van der Waals surface area contributed by atoms with Gasteiger partial charge in [0.25, 0.3) is 0 Å². The van der Waals surface area contributed by atoms with Crippen molar-refractivity contribution in [1.82, 2.24) is 0 Å². The van der Waals surface area contributed by atoms with Gasteiger partial charge in [-0.2, -0.15) is 0 Å². The quantitative estimate of drug-likeness (QED) is 0.475. The van der Waals surface area contributed by atoms with Gasteiger partial charge in [0.05, 0.1) is 6.54 Å². The molecule has 0 amide bonds. The van der Waals surface area contributed by atoms with Crippen molar-refractivity contribution in [2.75, 3.05) is 6.54 Å². The first-order chi connectivity index (χ1) is 4.33. The Bertz CT molecular complexity index is 170. The molecular weight excluding hydrogens is 114 g/mol. The smallest absolute Gasteiger partial charge is 0.147 e. The summed E-state index contributed by atoms with van der Waals surface area (Å²) in [4.78, 5) is 14.1. The molecule has 0 saturated heterocycles. The summed E-state index contributed by atoms with van der Waals surface area (Å²) < 4.78 is 0. The van der Waals surface area contributed by atoms with E-state index in [-0.39, 0.29) is 0 Å². The lowest BCUT2D eigenvalue weighted by atomic mass is 10.1. The molecule has 48 valence electrons. The minimum atomic E-state index is 0.332. The van der Waals surface area contributed by atoms with E-state index in [2.05, 4.69) is 4.99 Å². The highest BCUT2D eigenvalue weighted by atomic mass is 16.1. The van der Waals surface area contributed by atoms with E-state index >= 15 is 0 Å². The zero-order chi connectivity index (χ0) is 6.69. The summed E-state index contributed by atoms with van der Waals surface area (Å²) in [6.45, 7) is 2.57. The highest BCUT2D eigenvalue weighted by Crippen LogP contribution is 2.04. The molecule has 0 radical (unpaired) electrons. The average Bonchev–Trinajstić information content (AvgIpc) is 1.88. The molecule has 1 rings (SSSR count). The molecule has 9 heavy (non-hydrogen) atoms. The molecule has 1 aliphatic heterocycles. The molecule has 0 N–H and O–H groups in total. The first kappa shape index (κ1) is 6.20. The lowest BCUT2D eigenvalue weighted by Gasteiger charge is -2.05. The van der Waals surface area contributed by atoms with Crippen LogP contribution in [-0.2, 0) is 4.79 Å². The number of hydrogen-bond acceptors (Lipinski definition) is 2. The molecule has 0 fully saturated rings. The number of dihydropyridines is 1. The van der Waals surface area contributed by atoms with E-state index in [0.717, 1.165) is 11.9 Å². The van der Waals surface area contributed by atoms with E-state index in [4.69, 9.17) is 0 Å². The number of carbonyl (C=O) groups excluding carboxylic acids is 1. The largest absolute Gasteiger partial charge is 0.298 e. The van der Waals surface area contributed by atoms with Gasteiger partial charge in [-0.05, 0) is 0 Å². The average molecular weight is 123 g/mol. The molecule has 1 unspecified atom stereocenters. The molecule has 0 saturated carbocycles. The zero-order valence-corrected chi connectivity index (χ0v) is 5.37. The van der Waals surface area contributed by atoms with E-state index < -0.39 is 0 Å². The normalized spacial score (nSPS) is 25.4. The number of carbonyl (C=O) groups is 1. The Kier molecular flexibility index (Phi) is 1.78. The molecule has 0 aliphatic carbocycles. The van der Waals surface area contributed by atoms with Gasteiger partial charge in [-0.1, -0.05) is 13.0 Å².